The third kappa shape index (κ3) is 3.49. The van der Waals surface area contributed by atoms with Crippen molar-refractivity contribution in [1.82, 2.24) is 4.72 Å². The molecule has 0 fully saturated rings. The number of hydrogen-bond acceptors (Lipinski definition) is 3. The zero-order valence-corrected chi connectivity index (χ0v) is 8.21. The normalized spacial score (nSPS) is 9.43. The Morgan fingerprint density at radius 2 is 1.93 bits per heavy atom. The average Bonchev–Trinajstić information content (AvgIpc) is 2.19. The Kier molecular flexibility index (Phi) is 4.00. The molecule has 0 bridgehead atoms. The lowest BCUT2D eigenvalue weighted by Gasteiger charge is -2.01. The molecule has 0 atom stereocenters. The number of nitrogens with one attached hydrogen (secondary N) is 1. The fourth-order valence-corrected chi connectivity index (χ4v) is 1.47. The predicted molar refractivity (Wildman–Crippen MR) is 55.1 cm³/mol. The van der Waals surface area contributed by atoms with E-state index in [1.165, 1.54) is 0 Å². The quantitative estimate of drug-likeness (QED) is 0.561. The SMILES string of the molecule is NC(=O)C(=O)NSCc1ccccc1. The lowest BCUT2D eigenvalue weighted by Crippen LogP contribution is -2.32. The monoisotopic (exact) mass is 210 g/mol. The third-order valence-corrected chi connectivity index (χ3v) is 2.28. The van der Waals surface area contributed by atoms with Gasteiger partial charge in [-0.05, 0) is 17.5 Å². The fourth-order valence-electron chi connectivity index (χ4n) is 0.809. The van der Waals surface area contributed by atoms with Gasteiger partial charge in [0.05, 0.1) is 0 Å². The van der Waals surface area contributed by atoms with Crippen molar-refractivity contribution in [1.29, 1.82) is 0 Å². The van der Waals surface area contributed by atoms with Crippen LogP contribution in [0.4, 0.5) is 0 Å². The number of primary amides is 1. The molecule has 1 aromatic rings. The van der Waals surface area contributed by atoms with Crippen LogP contribution in [0.25, 0.3) is 0 Å². The molecule has 0 spiro atoms. The van der Waals surface area contributed by atoms with Crippen LogP contribution in [0.2, 0.25) is 0 Å². The van der Waals surface area contributed by atoms with E-state index in [-0.39, 0.29) is 0 Å². The molecule has 0 saturated heterocycles. The van der Waals surface area contributed by atoms with Gasteiger partial charge < -0.3 is 5.73 Å². The molecule has 0 heterocycles. The molecule has 4 nitrogen and oxygen atoms in total. The first-order chi connectivity index (χ1) is 6.70. The van der Waals surface area contributed by atoms with Crippen LogP contribution in [0, 0.1) is 0 Å². The summed E-state index contributed by atoms with van der Waals surface area (Å²) in [6.07, 6.45) is 0. The van der Waals surface area contributed by atoms with Gasteiger partial charge in [0.1, 0.15) is 0 Å². The molecule has 0 unspecified atom stereocenters. The molecule has 0 aromatic heterocycles. The van der Waals surface area contributed by atoms with Gasteiger partial charge in [0, 0.05) is 5.75 Å². The summed E-state index contributed by atoms with van der Waals surface area (Å²) in [4.78, 5) is 21.1. The van der Waals surface area contributed by atoms with Crippen LogP contribution in [0.1, 0.15) is 5.56 Å². The number of rotatable bonds is 3. The highest BCUT2D eigenvalue weighted by molar-refractivity contribution is 7.97. The number of carbonyl (C=O) groups excluding carboxylic acids is 2. The molecule has 74 valence electrons. The van der Waals surface area contributed by atoms with Gasteiger partial charge >= 0.3 is 11.8 Å². The minimum atomic E-state index is -0.967. The van der Waals surface area contributed by atoms with Gasteiger partial charge in [0.15, 0.2) is 0 Å². The maximum atomic E-state index is 10.7. The van der Waals surface area contributed by atoms with Gasteiger partial charge in [-0.25, -0.2) is 0 Å². The first kappa shape index (κ1) is 10.6. The van der Waals surface area contributed by atoms with E-state index >= 15 is 0 Å². The Morgan fingerprint density at radius 3 is 2.50 bits per heavy atom. The van der Waals surface area contributed by atoms with Crippen molar-refractivity contribution in [3.05, 3.63) is 35.9 Å². The molecule has 3 N–H and O–H groups in total. The third-order valence-electron chi connectivity index (χ3n) is 1.47. The van der Waals surface area contributed by atoms with E-state index in [1.54, 1.807) is 0 Å². The van der Waals surface area contributed by atoms with Crippen molar-refractivity contribution < 1.29 is 9.59 Å². The molecule has 0 radical (unpaired) electrons. The molecule has 2 amide bonds. The number of benzene rings is 1. The molecule has 14 heavy (non-hydrogen) atoms. The van der Waals surface area contributed by atoms with Crippen LogP contribution >= 0.6 is 11.9 Å². The van der Waals surface area contributed by atoms with E-state index in [2.05, 4.69) is 4.72 Å². The summed E-state index contributed by atoms with van der Waals surface area (Å²) in [6.45, 7) is 0. The van der Waals surface area contributed by atoms with Gasteiger partial charge in [0.25, 0.3) is 0 Å². The van der Waals surface area contributed by atoms with Crippen LogP contribution in [0.15, 0.2) is 30.3 Å². The van der Waals surface area contributed by atoms with Crippen LogP contribution in [0.3, 0.4) is 0 Å². The molecule has 0 aliphatic rings. The summed E-state index contributed by atoms with van der Waals surface area (Å²) in [7, 11) is 0. The van der Waals surface area contributed by atoms with E-state index in [0.717, 1.165) is 17.5 Å². The van der Waals surface area contributed by atoms with Gasteiger partial charge in [-0.2, -0.15) is 0 Å². The van der Waals surface area contributed by atoms with E-state index < -0.39 is 11.8 Å². The largest absolute Gasteiger partial charge is 0.361 e. The van der Waals surface area contributed by atoms with Gasteiger partial charge in [-0.3, -0.25) is 14.3 Å². The second-order valence-electron chi connectivity index (χ2n) is 2.57. The summed E-state index contributed by atoms with van der Waals surface area (Å²) in [5.74, 6) is -1.13. The van der Waals surface area contributed by atoms with Gasteiger partial charge in [-0.1, -0.05) is 30.3 Å². The Hall–Kier alpha value is -1.49. The lowest BCUT2D eigenvalue weighted by atomic mass is 10.2. The predicted octanol–water partition coefficient (Wildman–Crippen LogP) is 0.436. The van der Waals surface area contributed by atoms with Crippen molar-refractivity contribution in [3.8, 4) is 0 Å². The molecule has 0 aliphatic carbocycles. The van der Waals surface area contributed by atoms with Crippen molar-refractivity contribution in [2.24, 2.45) is 5.73 Å². The van der Waals surface area contributed by atoms with Crippen LogP contribution in [-0.2, 0) is 15.3 Å². The second kappa shape index (κ2) is 5.29. The Bertz CT molecular complexity index is 327. The highest BCUT2D eigenvalue weighted by Gasteiger charge is 2.06. The smallest absolute Gasteiger partial charge is 0.318 e. The standard InChI is InChI=1S/C9H10N2O2S/c10-8(12)9(13)11-14-6-7-4-2-1-3-5-7/h1-5H,6H2,(H2,10,12)(H,11,13). The Balaban J connectivity index is 2.29. The van der Waals surface area contributed by atoms with E-state index in [0.29, 0.717) is 5.75 Å². The average molecular weight is 210 g/mol. The number of amides is 2. The minimum Gasteiger partial charge on any atom is -0.361 e. The van der Waals surface area contributed by atoms with Crippen LogP contribution < -0.4 is 10.5 Å². The highest BCUT2D eigenvalue weighted by atomic mass is 32.2. The Morgan fingerprint density at radius 1 is 1.29 bits per heavy atom. The van der Waals surface area contributed by atoms with E-state index in [4.69, 9.17) is 5.73 Å². The van der Waals surface area contributed by atoms with Crippen molar-refractivity contribution in [3.63, 3.8) is 0 Å². The van der Waals surface area contributed by atoms with Crippen LogP contribution in [0.5, 0.6) is 0 Å². The molecule has 1 rings (SSSR count). The first-order valence-corrected chi connectivity index (χ1v) is 4.94. The molecule has 1 aromatic carbocycles. The summed E-state index contributed by atoms with van der Waals surface area (Å²) < 4.78 is 2.33. The Labute approximate surface area is 86.0 Å². The number of hydrogen-bond donors (Lipinski definition) is 2. The van der Waals surface area contributed by atoms with Crippen molar-refractivity contribution in [2.45, 2.75) is 5.75 Å². The molecular weight excluding hydrogens is 200 g/mol. The highest BCUT2D eigenvalue weighted by Crippen LogP contribution is 2.07. The zero-order valence-electron chi connectivity index (χ0n) is 7.40. The van der Waals surface area contributed by atoms with Gasteiger partial charge in [-0.15, -0.1) is 0 Å². The molecule has 0 aliphatic heterocycles. The second-order valence-corrected chi connectivity index (χ2v) is 3.35. The zero-order chi connectivity index (χ0) is 10.4. The molecule has 0 saturated carbocycles. The topological polar surface area (TPSA) is 72.2 Å². The van der Waals surface area contributed by atoms with Gasteiger partial charge in [0.2, 0.25) is 0 Å². The molecule has 5 heteroatoms. The maximum absolute atomic E-state index is 10.7. The summed E-state index contributed by atoms with van der Waals surface area (Å²) >= 11 is 1.14. The van der Waals surface area contributed by atoms with Crippen molar-refractivity contribution >= 4 is 23.8 Å². The fraction of sp³-hybridized carbons (Fsp3) is 0.111. The van der Waals surface area contributed by atoms with Crippen LogP contribution in [-0.4, -0.2) is 11.8 Å². The lowest BCUT2D eigenvalue weighted by molar-refractivity contribution is -0.136. The molecular formula is C9H10N2O2S. The summed E-state index contributed by atoms with van der Waals surface area (Å²) in [6, 6.07) is 9.60. The first-order valence-electron chi connectivity index (χ1n) is 3.95. The van der Waals surface area contributed by atoms with Crippen molar-refractivity contribution in [2.75, 3.05) is 0 Å². The number of nitrogens with two attached hydrogens (primary N) is 1. The van der Waals surface area contributed by atoms with E-state index in [9.17, 15) is 9.59 Å². The number of carbonyl (C=O) groups is 2. The van der Waals surface area contributed by atoms with E-state index in [1.807, 2.05) is 30.3 Å². The maximum Gasteiger partial charge on any atom is 0.318 e. The minimum absolute atomic E-state index is 0.611. The summed E-state index contributed by atoms with van der Waals surface area (Å²) in [5.41, 5.74) is 5.82. The summed E-state index contributed by atoms with van der Waals surface area (Å²) in [5, 5.41) is 0.